The molecule has 0 bridgehead atoms. The zero-order chi connectivity index (χ0) is 22.9. The van der Waals surface area contributed by atoms with Crippen molar-refractivity contribution < 1.29 is 17.6 Å². The maximum atomic E-state index is 13.2. The second kappa shape index (κ2) is 8.99. The van der Waals surface area contributed by atoms with E-state index < -0.39 is 21.7 Å². The smallest absolute Gasteiger partial charge is 0.264 e. The lowest BCUT2D eigenvalue weighted by Crippen LogP contribution is -2.25. The van der Waals surface area contributed by atoms with E-state index in [4.69, 9.17) is 23.2 Å². The van der Waals surface area contributed by atoms with Gasteiger partial charge in [-0.25, -0.2) is 12.8 Å². The predicted molar refractivity (Wildman–Crippen MR) is 122 cm³/mol. The Morgan fingerprint density at radius 3 is 2.66 bits per heavy atom. The van der Waals surface area contributed by atoms with Gasteiger partial charge in [-0.05, 0) is 48.0 Å². The Bertz CT molecular complexity index is 1440. The van der Waals surface area contributed by atoms with Crippen LogP contribution in [0, 0.1) is 5.82 Å². The summed E-state index contributed by atoms with van der Waals surface area (Å²) in [6.07, 6.45) is 0. The number of nitrogens with one attached hydrogen (secondary N) is 2. The van der Waals surface area contributed by atoms with Crippen LogP contribution in [-0.2, 0) is 16.6 Å². The van der Waals surface area contributed by atoms with E-state index >= 15 is 0 Å². The van der Waals surface area contributed by atoms with E-state index in [0.29, 0.717) is 11.1 Å². The average Bonchev–Trinajstić information content (AvgIpc) is 3.21. The van der Waals surface area contributed by atoms with Crippen molar-refractivity contribution in [2.75, 3.05) is 4.72 Å². The van der Waals surface area contributed by atoms with Crippen molar-refractivity contribution >= 4 is 67.6 Å². The normalized spacial score (nSPS) is 11.5. The molecule has 0 saturated heterocycles. The first-order valence-corrected chi connectivity index (χ1v) is 12.0. The summed E-state index contributed by atoms with van der Waals surface area (Å²) in [7, 11) is -4.11. The zero-order valence-electron chi connectivity index (χ0n) is 16.0. The van der Waals surface area contributed by atoms with Crippen LogP contribution < -0.4 is 10.0 Å². The van der Waals surface area contributed by atoms with Crippen molar-refractivity contribution in [2.24, 2.45) is 0 Å². The molecular formula is C20H13Cl2FN4O3S2. The van der Waals surface area contributed by atoms with Gasteiger partial charge in [-0.2, -0.15) is 8.75 Å². The minimum Gasteiger partial charge on any atom is -0.348 e. The number of rotatable bonds is 6. The summed E-state index contributed by atoms with van der Waals surface area (Å²) in [6, 6.07) is 12.6. The lowest BCUT2D eigenvalue weighted by molar-refractivity contribution is 0.0952. The monoisotopic (exact) mass is 510 g/mol. The van der Waals surface area contributed by atoms with Crippen LogP contribution in [-0.4, -0.2) is 23.1 Å². The van der Waals surface area contributed by atoms with Crippen molar-refractivity contribution in [3.63, 3.8) is 0 Å². The number of amides is 1. The molecule has 0 radical (unpaired) electrons. The number of carbonyl (C=O) groups is 1. The number of aromatic nitrogens is 2. The molecule has 2 N–H and O–H groups in total. The number of benzene rings is 3. The van der Waals surface area contributed by atoms with Gasteiger partial charge in [0.15, 0.2) is 0 Å². The van der Waals surface area contributed by atoms with Crippen LogP contribution in [0.4, 0.5) is 10.1 Å². The molecule has 0 aliphatic heterocycles. The molecule has 0 aliphatic carbocycles. The molecule has 0 fully saturated rings. The summed E-state index contributed by atoms with van der Waals surface area (Å²) >= 11 is 12.9. The first-order valence-electron chi connectivity index (χ1n) is 9.00. The fourth-order valence-corrected chi connectivity index (χ4v) is 5.18. The summed E-state index contributed by atoms with van der Waals surface area (Å²) in [6.45, 7) is 0.0105. The number of anilines is 1. The third-order valence-corrected chi connectivity index (χ3v) is 6.99. The van der Waals surface area contributed by atoms with Gasteiger partial charge in [0.25, 0.3) is 15.9 Å². The molecule has 1 aromatic heterocycles. The molecule has 164 valence electrons. The average molecular weight is 511 g/mol. The molecule has 0 unspecified atom stereocenters. The molecule has 32 heavy (non-hydrogen) atoms. The molecule has 1 amide bonds. The van der Waals surface area contributed by atoms with Gasteiger partial charge in [-0.15, -0.1) is 0 Å². The molecule has 12 heteroatoms. The highest BCUT2D eigenvalue weighted by atomic mass is 35.5. The van der Waals surface area contributed by atoms with Gasteiger partial charge in [0, 0.05) is 16.6 Å². The van der Waals surface area contributed by atoms with Crippen LogP contribution >= 0.6 is 34.9 Å². The van der Waals surface area contributed by atoms with Crippen LogP contribution in [0.15, 0.2) is 59.5 Å². The number of sulfonamides is 1. The molecule has 0 aliphatic rings. The lowest BCUT2D eigenvalue weighted by Gasteiger charge is -2.14. The van der Waals surface area contributed by atoms with Gasteiger partial charge in [-0.3, -0.25) is 9.52 Å². The Hall–Kier alpha value is -2.79. The van der Waals surface area contributed by atoms with Crippen LogP contribution in [0.1, 0.15) is 15.9 Å². The first kappa shape index (κ1) is 22.4. The molecular weight excluding hydrogens is 498 g/mol. The van der Waals surface area contributed by atoms with Gasteiger partial charge < -0.3 is 5.32 Å². The largest absolute Gasteiger partial charge is 0.348 e. The fourth-order valence-electron chi connectivity index (χ4n) is 2.93. The van der Waals surface area contributed by atoms with Gasteiger partial charge in [0.2, 0.25) is 0 Å². The van der Waals surface area contributed by atoms with E-state index in [-0.39, 0.29) is 38.3 Å². The van der Waals surface area contributed by atoms with E-state index in [1.54, 1.807) is 12.1 Å². The Balaban J connectivity index is 1.62. The van der Waals surface area contributed by atoms with Gasteiger partial charge >= 0.3 is 0 Å². The summed E-state index contributed by atoms with van der Waals surface area (Å²) < 4.78 is 49.8. The third kappa shape index (κ3) is 4.68. The number of nitrogens with zero attached hydrogens (tertiary/aromatic N) is 2. The number of hydrogen-bond acceptors (Lipinski definition) is 6. The molecule has 0 spiro atoms. The minimum atomic E-state index is -4.11. The summed E-state index contributed by atoms with van der Waals surface area (Å²) in [5.74, 6) is -1.07. The molecule has 0 saturated carbocycles. The lowest BCUT2D eigenvalue weighted by atomic mass is 10.1. The number of halogens is 3. The Morgan fingerprint density at radius 2 is 1.88 bits per heavy atom. The van der Waals surface area contributed by atoms with Gasteiger partial charge in [0.05, 0.1) is 23.0 Å². The standard InChI is InChI=1S/C20H13Cl2FN4O3S2/c21-12-5-7-14(20(28)24-10-11-4-6-13(23)9-15(11)22)17(8-12)27-32(29,30)18-3-1-2-16-19(18)26-31-25-16/h1-9,27H,10H2,(H,24,28). The van der Waals surface area contributed by atoms with E-state index in [1.807, 2.05) is 0 Å². The highest BCUT2D eigenvalue weighted by molar-refractivity contribution is 7.93. The number of hydrogen-bond donors (Lipinski definition) is 2. The second-order valence-corrected chi connectivity index (χ2v) is 9.62. The topological polar surface area (TPSA) is 101 Å². The van der Waals surface area contributed by atoms with Crippen molar-refractivity contribution in [3.8, 4) is 0 Å². The summed E-state index contributed by atoms with van der Waals surface area (Å²) in [5, 5.41) is 3.03. The second-order valence-electron chi connectivity index (χ2n) is 6.60. The van der Waals surface area contributed by atoms with E-state index in [1.165, 1.54) is 36.4 Å². The molecule has 1 heterocycles. The number of fused-ring (bicyclic) bond motifs is 1. The van der Waals surface area contributed by atoms with Crippen molar-refractivity contribution in [1.82, 2.24) is 14.1 Å². The maximum Gasteiger partial charge on any atom is 0.264 e. The maximum absolute atomic E-state index is 13.2. The Morgan fingerprint density at radius 1 is 1.06 bits per heavy atom. The molecule has 7 nitrogen and oxygen atoms in total. The molecule has 4 aromatic rings. The number of carbonyl (C=O) groups excluding carboxylic acids is 1. The minimum absolute atomic E-state index is 0.0105. The van der Waals surface area contributed by atoms with Crippen LogP contribution in [0.2, 0.25) is 10.0 Å². The SMILES string of the molecule is O=C(NCc1ccc(F)cc1Cl)c1ccc(Cl)cc1NS(=O)(=O)c1cccc2nsnc12. The Kier molecular flexibility index (Phi) is 6.29. The van der Waals surface area contributed by atoms with E-state index in [0.717, 1.165) is 17.8 Å². The highest BCUT2D eigenvalue weighted by Gasteiger charge is 2.23. The van der Waals surface area contributed by atoms with Crippen LogP contribution in [0.25, 0.3) is 11.0 Å². The van der Waals surface area contributed by atoms with Crippen molar-refractivity contribution in [2.45, 2.75) is 11.4 Å². The van der Waals surface area contributed by atoms with E-state index in [9.17, 15) is 17.6 Å². The summed E-state index contributed by atoms with van der Waals surface area (Å²) in [4.78, 5) is 12.7. The third-order valence-electron chi connectivity index (χ3n) is 4.46. The highest BCUT2D eigenvalue weighted by Crippen LogP contribution is 2.27. The van der Waals surface area contributed by atoms with Crippen molar-refractivity contribution in [3.05, 3.63) is 81.6 Å². The van der Waals surface area contributed by atoms with E-state index in [2.05, 4.69) is 18.8 Å². The van der Waals surface area contributed by atoms with Gasteiger partial charge in [0.1, 0.15) is 21.7 Å². The molecule has 3 aromatic carbocycles. The molecule has 4 rings (SSSR count). The first-order chi connectivity index (χ1) is 15.2. The van der Waals surface area contributed by atoms with Gasteiger partial charge in [-0.1, -0.05) is 35.3 Å². The molecule has 0 atom stereocenters. The van der Waals surface area contributed by atoms with Crippen LogP contribution in [0.5, 0.6) is 0 Å². The fraction of sp³-hybridized carbons (Fsp3) is 0.0500. The quantitative estimate of drug-likeness (QED) is 0.385. The predicted octanol–water partition coefficient (Wildman–Crippen LogP) is 4.87. The van der Waals surface area contributed by atoms with Crippen molar-refractivity contribution in [1.29, 1.82) is 0 Å². The Labute approximate surface area is 196 Å². The summed E-state index contributed by atoms with van der Waals surface area (Å²) in [5.41, 5.74) is 1.20. The zero-order valence-corrected chi connectivity index (χ0v) is 19.1. The van der Waals surface area contributed by atoms with Crippen LogP contribution in [0.3, 0.4) is 0 Å².